The Kier molecular flexibility index (Phi) is 7.34. The van der Waals surface area contributed by atoms with E-state index in [1.807, 2.05) is 18.2 Å². The van der Waals surface area contributed by atoms with E-state index in [4.69, 9.17) is 14.2 Å². The van der Waals surface area contributed by atoms with Crippen LogP contribution in [0.2, 0.25) is 0 Å². The van der Waals surface area contributed by atoms with E-state index in [2.05, 4.69) is 19.7 Å². The van der Waals surface area contributed by atoms with Crippen LogP contribution in [0.25, 0.3) is 0 Å². The fraction of sp³-hybridized carbons (Fsp3) is 0.467. The summed E-state index contributed by atoms with van der Waals surface area (Å²) in [5.41, 5.74) is 0. The zero-order chi connectivity index (χ0) is 13.2. The van der Waals surface area contributed by atoms with Crippen molar-refractivity contribution in [2.75, 3.05) is 19.8 Å². The maximum atomic E-state index is 5.91. The molecular weight excluding hydrogens is 228 g/mol. The lowest BCUT2D eigenvalue weighted by Crippen LogP contribution is -2.40. The van der Waals surface area contributed by atoms with Crippen LogP contribution in [-0.4, -0.2) is 38.1 Å². The molecule has 0 fully saturated rings. The van der Waals surface area contributed by atoms with Crippen LogP contribution in [0.15, 0.2) is 50.1 Å². The van der Waals surface area contributed by atoms with Crippen molar-refractivity contribution in [2.24, 2.45) is 0 Å². The lowest BCUT2D eigenvalue weighted by atomic mass is 10.1. The van der Waals surface area contributed by atoms with Crippen LogP contribution in [0, 0.1) is 0 Å². The molecule has 0 saturated heterocycles. The Balaban J connectivity index is 2.53. The van der Waals surface area contributed by atoms with Crippen molar-refractivity contribution in [3.05, 3.63) is 50.1 Å². The lowest BCUT2D eigenvalue weighted by Gasteiger charge is -2.31. The second-order valence-corrected chi connectivity index (χ2v) is 4.04. The number of hydrogen-bond donors (Lipinski definition) is 0. The molecule has 0 aromatic carbocycles. The zero-order valence-corrected chi connectivity index (χ0v) is 10.8. The molecule has 0 aromatic rings. The third-order valence-corrected chi connectivity index (χ3v) is 2.55. The highest BCUT2D eigenvalue weighted by Gasteiger charge is 2.27. The summed E-state index contributed by atoms with van der Waals surface area (Å²) in [6.45, 7) is 12.5. The van der Waals surface area contributed by atoms with Gasteiger partial charge < -0.3 is 14.2 Å². The molecule has 1 rings (SSSR count). The van der Waals surface area contributed by atoms with Crippen LogP contribution in [0.4, 0.5) is 0 Å². The van der Waals surface area contributed by atoms with Crippen molar-refractivity contribution in [2.45, 2.75) is 24.7 Å². The molecule has 1 unspecified atom stereocenters. The number of hydrogen-bond acceptors (Lipinski definition) is 3. The van der Waals surface area contributed by atoms with Crippen molar-refractivity contribution in [1.82, 2.24) is 0 Å². The van der Waals surface area contributed by atoms with E-state index in [1.54, 1.807) is 12.2 Å². The first kappa shape index (κ1) is 14.9. The second-order valence-electron chi connectivity index (χ2n) is 4.04. The molecule has 1 aliphatic rings. The summed E-state index contributed by atoms with van der Waals surface area (Å²) < 4.78 is 17.0. The molecule has 0 spiro atoms. The van der Waals surface area contributed by atoms with Crippen LogP contribution in [0.5, 0.6) is 0 Å². The average molecular weight is 250 g/mol. The average Bonchev–Trinajstić information content (AvgIpc) is 2.38. The van der Waals surface area contributed by atoms with Crippen molar-refractivity contribution < 1.29 is 14.2 Å². The maximum absolute atomic E-state index is 5.91. The van der Waals surface area contributed by atoms with Gasteiger partial charge in [-0.15, -0.1) is 19.7 Å². The Labute approximate surface area is 109 Å². The van der Waals surface area contributed by atoms with Gasteiger partial charge >= 0.3 is 0 Å². The molecule has 3 atom stereocenters. The summed E-state index contributed by atoms with van der Waals surface area (Å²) in [5.74, 6) is 0. The van der Waals surface area contributed by atoms with Crippen molar-refractivity contribution >= 4 is 0 Å². The Bertz CT molecular complexity index is 296. The molecule has 100 valence electrons. The van der Waals surface area contributed by atoms with Gasteiger partial charge in [0, 0.05) is 0 Å². The lowest BCUT2D eigenvalue weighted by molar-refractivity contribution is -0.105. The molecular formula is C15H22O3. The van der Waals surface area contributed by atoms with Crippen LogP contribution in [0.1, 0.15) is 6.42 Å². The number of rotatable bonds is 9. The minimum atomic E-state index is -0.0974. The molecule has 1 aliphatic heterocycles. The standard InChI is InChI=1S/C15H22O3/c1-4-7-13-8-9-14(17-11-6-3)15(18-13)12-16-10-5-2/h4-6,8-9,13-15H,1-3,7,10-12H2/t13?,14-,15+/m0/s1. The minimum Gasteiger partial charge on any atom is -0.375 e. The van der Waals surface area contributed by atoms with E-state index in [1.165, 1.54) is 0 Å². The second kappa shape index (κ2) is 8.86. The fourth-order valence-corrected chi connectivity index (χ4v) is 1.75. The molecule has 3 nitrogen and oxygen atoms in total. The Morgan fingerprint density at radius 2 is 1.83 bits per heavy atom. The van der Waals surface area contributed by atoms with Crippen molar-refractivity contribution in [1.29, 1.82) is 0 Å². The quantitative estimate of drug-likeness (QED) is 0.465. The topological polar surface area (TPSA) is 27.7 Å². The molecule has 0 saturated carbocycles. The largest absolute Gasteiger partial charge is 0.375 e. The highest BCUT2D eigenvalue weighted by molar-refractivity contribution is 5.04. The van der Waals surface area contributed by atoms with Crippen LogP contribution in [-0.2, 0) is 14.2 Å². The van der Waals surface area contributed by atoms with Crippen LogP contribution < -0.4 is 0 Å². The van der Waals surface area contributed by atoms with Crippen molar-refractivity contribution in [3.8, 4) is 0 Å². The van der Waals surface area contributed by atoms with Gasteiger partial charge in [-0.1, -0.05) is 30.4 Å². The summed E-state index contributed by atoms with van der Waals surface area (Å²) in [7, 11) is 0. The highest BCUT2D eigenvalue weighted by Crippen LogP contribution is 2.18. The third kappa shape index (κ3) is 5.00. The summed E-state index contributed by atoms with van der Waals surface area (Å²) >= 11 is 0. The van der Waals surface area contributed by atoms with E-state index in [-0.39, 0.29) is 18.3 Å². The molecule has 0 bridgehead atoms. The molecule has 0 radical (unpaired) electrons. The molecule has 3 heteroatoms. The number of ether oxygens (including phenoxy) is 3. The predicted octanol–water partition coefficient (Wildman–Crippen LogP) is 2.66. The van der Waals surface area contributed by atoms with Gasteiger partial charge in [-0.05, 0) is 6.42 Å². The van der Waals surface area contributed by atoms with Gasteiger partial charge in [-0.25, -0.2) is 0 Å². The minimum absolute atomic E-state index is 0.0587. The fourth-order valence-electron chi connectivity index (χ4n) is 1.75. The SMILES string of the molecule is C=CCOC[C@H]1OC(CC=C)C=C[C@@H]1OCC=C. The van der Waals surface area contributed by atoms with Crippen molar-refractivity contribution in [3.63, 3.8) is 0 Å². The summed E-state index contributed by atoms with van der Waals surface area (Å²) in [5, 5.41) is 0. The van der Waals surface area contributed by atoms with E-state index < -0.39 is 0 Å². The monoisotopic (exact) mass is 250 g/mol. The van der Waals surface area contributed by atoms with E-state index in [0.717, 1.165) is 6.42 Å². The van der Waals surface area contributed by atoms with E-state index >= 15 is 0 Å². The smallest absolute Gasteiger partial charge is 0.111 e. The maximum Gasteiger partial charge on any atom is 0.111 e. The third-order valence-electron chi connectivity index (χ3n) is 2.55. The molecule has 0 amide bonds. The first-order valence-corrected chi connectivity index (χ1v) is 6.17. The Morgan fingerprint density at radius 1 is 1.06 bits per heavy atom. The molecule has 0 N–H and O–H groups in total. The molecule has 1 heterocycles. The van der Waals surface area contributed by atoms with Gasteiger partial charge in [0.2, 0.25) is 0 Å². The first-order chi connectivity index (χ1) is 8.81. The Hall–Kier alpha value is -1.16. The highest BCUT2D eigenvalue weighted by atomic mass is 16.6. The van der Waals surface area contributed by atoms with Gasteiger partial charge in [-0.2, -0.15) is 0 Å². The van der Waals surface area contributed by atoms with E-state index in [9.17, 15) is 0 Å². The zero-order valence-electron chi connectivity index (χ0n) is 10.8. The Morgan fingerprint density at radius 3 is 2.50 bits per heavy atom. The van der Waals surface area contributed by atoms with Gasteiger partial charge in [-0.3, -0.25) is 0 Å². The van der Waals surface area contributed by atoms with Gasteiger partial charge in [0.15, 0.2) is 0 Å². The summed E-state index contributed by atoms with van der Waals surface area (Å²) in [6.07, 6.45) is 10.0. The molecule has 18 heavy (non-hydrogen) atoms. The first-order valence-electron chi connectivity index (χ1n) is 6.17. The van der Waals surface area contributed by atoms with E-state index in [0.29, 0.717) is 19.8 Å². The predicted molar refractivity (Wildman–Crippen MR) is 73.6 cm³/mol. The van der Waals surface area contributed by atoms with Gasteiger partial charge in [0.05, 0.1) is 25.9 Å². The summed E-state index contributed by atoms with van der Waals surface area (Å²) in [4.78, 5) is 0. The normalized spacial score (nSPS) is 26.8. The van der Waals surface area contributed by atoms with Gasteiger partial charge in [0.1, 0.15) is 12.2 Å². The summed E-state index contributed by atoms with van der Waals surface area (Å²) in [6, 6.07) is 0. The van der Waals surface area contributed by atoms with Gasteiger partial charge in [0.25, 0.3) is 0 Å². The molecule has 0 aromatic heterocycles. The molecule has 0 aliphatic carbocycles. The van der Waals surface area contributed by atoms with Crippen LogP contribution >= 0.6 is 0 Å². The van der Waals surface area contributed by atoms with Crippen LogP contribution in [0.3, 0.4) is 0 Å².